The second-order valence-corrected chi connectivity index (χ2v) is 7.34. The third-order valence-corrected chi connectivity index (χ3v) is 5.85. The highest BCUT2D eigenvalue weighted by atomic mass is 16.3. The van der Waals surface area contributed by atoms with Crippen molar-refractivity contribution in [3.8, 4) is 0 Å². The first-order chi connectivity index (χ1) is 12.1. The van der Waals surface area contributed by atoms with Crippen molar-refractivity contribution in [1.82, 2.24) is 4.90 Å². The first-order valence-corrected chi connectivity index (χ1v) is 9.22. The molecule has 25 heavy (non-hydrogen) atoms. The van der Waals surface area contributed by atoms with E-state index in [1.165, 1.54) is 16.7 Å². The molecule has 1 unspecified atom stereocenters. The van der Waals surface area contributed by atoms with E-state index >= 15 is 0 Å². The van der Waals surface area contributed by atoms with E-state index in [-0.39, 0.29) is 12.1 Å². The molecule has 4 rings (SSSR count). The number of nitrogens with zero attached hydrogens (tertiary/aromatic N) is 2. The van der Waals surface area contributed by atoms with Crippen LogP contribution in [0.5, 0.6) is 0 Å². The molecule has 132 valence electrons. The van der Waals surface area contributed by atoms with Gasteiger partial charge in [0.2, 0.25) is 0 Å². The van der Waals surface area contributed by atoms with Gasteiger partial charge in [-0.15, -0.1) is 0 Å². The fourth-order valence-corrected chi connectivity index (χ4v) is 4.40. The Morgan fingerprint density at radius 2 is 1.72 bits per heavy atom. The normalized spacial score (nSPS) is 24.2. The molecule has 0 bridgehead atoms. The Balaban J connectivity index is 1.45. The Bertz CT molecular complexity index is 753. The number of piperazine rings is 1. The van der Waals surface area contributed by atoms with Crippen LogP contribution in [0.4, 0.5) is 11.4 Å². The predicted octanol–water partition coefficient (Wildman–Crippen LogP) is 2.23. The molecule has 0 saturated carbocycles. The first-order valence-electron chi connectivity index (χ1n) is 9.22. The van der Waals surface area contributed by atoms with E-state index in [9.17, 15) is 5.11 Å². The number of hydrogen-bond donors (Lipinski definition) is 2. The Kier molecular flexibility index (Phi) is 4.40. The Morgan fingerprint density at radius 3 is 2.48 bits per heavy atom. The molecular formula is C21H27N3O. The van der Waals surface area contributed by atoms with E-state index in [1.54, 1.807) is 0 Å². The molecule has 0 radical (unpaired) electrons. The van der Waals surface area contributed by atoms with Gasteiger partial charge in [-0.05, 0) is 42.2 Å². The standard InChI is InChI=1S/C21H27N3O/c1-15-5-4-6-16-13-20(21(25)14-17(15)16)24-11-9-23(10-12-24)19-8-3-2-7-18(19)22/h2-8,20-21,25H,9-14,22H2,1H3/t20?,21-/m1/s1. The fraction of sp³-hybridized carbons (Fsp3) is 0.429. The minimum absolute atomic E-state index is 0.226. The molecule has 4 heteroatoms. The molecule has 2 atom stereocenters. The summed E-state index contributed by atoms with van der Waals surface area (Å²) in [4.78, 5) is 4.82. The lowest BCUT2D eigenvalue weighted by molar-refractivity contribution is 0.0394. The lowest BCUT2D eigenvalue weighted by atomic mass is 9.83. The van der Waals surface area contributed by atoms with Crippen LogP contribution in [0.25, 0.3) is 0 Å². The molecule has 4 nitrogen and oxygen atoms in total. The van der Waals surface area contributed by atoms with Gasteiger partial charge in [-0.1, -0.05) is 30.3 Å². The molecule has 2 aromatic rings. The van der Waals surface area contributed by atoms with Crippen LogP contribution in [-0.4, -0.2) is 48.3 Å². The fourth-order valence-electron chi connectivity index (χ4n) is 4.40. The lowest BCUT2D eigenvalue weighted by Gasteiger charge is -2.44. The van der Waals surface area contributed by atoms with Crippen LogP contribution in [0.2, 0.25) is 0 Å². The molecule has 0 aromatic heterocycles. The summed E-state index contributed by atoms with van der Waals surface area (Å²) in [6.45, 7) is 6.00. The van der Waals surface area contributed by atoms with Crippen molar-refractivity contribution in [2.24, 2.45) is 0 Å². The summed E-state index contributed by atoms with van der Waals surface area (Å²) in [5.74, 6) is 0. The Morgan fingerprint density at radius 1 is 0.960 bits per heavy atom. The van der Waals surface area contributed by atoms with Gasteiger partial charge in [-0.2, -0.15) is 0 Å². The van der Waals surface area contributed by atoms with Crippen LogP contribution < -0.4 is 10.6 Å². The number of rotatable bonds is 2. The van der Waals surface area contributed by atoms with Crippen molar-refractivity contribution in [3.05, 3.63) is 59.2 Å². The van der Waals surface area contributed by atoms with Gasteiger partial charge in [-0.25, -0.2) is 0 Å². The number of aliphatic hydroxyl groups is 1. The number of nitrogen functional groups attached to an aromatic ring is 1. The summed E-state index contributed by atoms with van der Waals surface area (Å²) in [6.07, 6.45) is 1.45. The summed E-state index contributed by atoms with van der Waals surface area (Å²) < 4.78 is 0. The van der Waals surface area contributed by atoms with Crippen molar-refractivity contribution in [2.45, 2.75) is 31.9 Å². The van der Waals surface area contributed by atoms with Gasteiger partial charge in [0, 0.05) is 38.6 Å². The van der Waals surface area contributed by atoms with Gasteiger partial charge in [0.05, 0.1) is 17.5 Å². The molecule has 1 heterocycles. The minimum atomic E-state index is -0.276. The maximum Gasteiger partial charge on any atom is 0.0739 e. The number of nitrogens with two attached hydrogens (primary N) is 1. The SMILES string of the molecule is Cc1cccc2c1C[C@@H](O)C(N1CCN(c3ccccc3N)CC1)C2. The third-order valence-electron chi connectivity index (χ3n) is 5.85. The van der Waals surface area contributed by atoms with E-state index in [1.807, 2.05) is 18.2 Å². The molecular weight excluding hydrogens is 310 g/mol. The van der Waals surface area contributed by atoms with Gasteiger partial charge in [0.1, 0.15) is 0 Å². The van der Waals surface area contributed by atoms with E-state index in [0.29, 0.717) is 0 Å². The van der Waals surface area contributed by atoms with Crippen LogP contribution >= 0.6 is 0 Å². The summed E-state index contributed by atoms with van der Waals surface area (Å²) in [5.41, 5.74) is 12.2. The molecule has 2 aliphatic rings. The number of anilines is 2. The highest BCUT2D eigenvalue weighted by molar-refractivity contribution is 5.67. The van der Waals surface area contributed by atoms with Crippen LogP contribution in [-0.2, 0) is 12.8 Å². The van der Waals surface area contributed by atoms with Crippen LogP contribution in [0, 0.1) is 6.92 Å². The lowest BCUT2D eigenvalue weighted by Crippen LogP contribution is -2.56. The molecule has 0 amide bonds. The smallest absolute Gasteiger partial charge is 0.0739 e. The molecule has 0 spiro atoms. The number of hydrogen-bond acceptors (Lipinski definition) is 4. The van der Waals surface area contributed by atoms with Crippen LogP contribution in [0.15, 0.2) is 42.5 Å². The average Bonchev–Trinajstić information content (AvgIpc) is 2.63. The van der Waals surface area contributed by atoms with Gasteiger partial charge >= 0.3 is 0 Å². The zero-order valence-electron chi connectivity index (χ0n) is 14.9. The second-order valence-electron chi connectivity index (χ2n) is 7.34. The van der Waals surface area contributed by atoms with Gasteiger partial charge < -0.3 is 15.7 Å². The van der Waals surface area contributed by atoms with Gasteiger partial charge in [0.25, 0.3) is 0 Å². The minimum Gasteiger partial charge on any atom is -0.397 e. The molecule has 1 fully saturated rings. The molecule has 1 aliphatic heterocycles. The zero-order chi connectivity index (χ0) is 17.4. The van der Waals surface area contributed by atoms with E-state index in [2.05, 4.69) is 41.0 Å². The summed E-state index contributed by atoms with van der Waals surface area (Å²) in [6, 6.07) is 14.8. The van der Waals surface area contributed by atoms with Crippen molar-refractivity contribution >= 4 is 11.4 Å². The quantitative estimate of drug-likeness (QED) is 0.825. The van der Waals surface area contributed by atoms with Crippen molar-refractivity contribution in [3.63, 3.8) is 0 Å². The van der Waals surface area contributed by atoms with E-state index in [0.717, 1.165) is 50.4 Å². The van der Waals surface area contributed by atoms with Crippen molar-refractivity contribution in [2.75, 3.05) is 36.8 Å². The van der Waals surface area contributed by atoms with Crippen LogP contribution in [0.3, 0.4) is 0 Å². The topological polar surface area (TPSA) is 52.7 Å². The highest BCUT2D eigenvalue weighted by Gasteiger charge is 2.33. The number of para-hydroxylation sites is 2. The van der Waals surface area contributed by atoms with E-state index in [4.69, 9.17) is 5.73 Å². The first kappa shape index (κ1) is 16.4. The van der Waals surface area contributed by atoms with Crippen molar-refractivity contribution < 1.29 is 5.11 Å². The predicted molar refractivity (Wildman–Crippen MR) is 103 cm³/mol. The maximum atomic E-state index is 10.7. The van der Waals surface area contributed by atoms with Gasteiger partial charge in [-0.3, -0.25) is 4.90 Å². The monoisotopic (exact) mass is 337 g/mol. The maximum absolute atomic E-state index is 10.7. The summed E-state index contributed by atoms with van der Waals surface area (Å²) >= 11 is 0. The van der Waals surface area contributed by atoms with Crippen molar-refractivity contribution in [1.29, 1.82) is 0 Å². The average molecular weight is 337 g/mol. The van der Waals surface area contributed by atoms with Crippen LogP contribution in [0.1, 0.15) is 16.7 Å². The summed E-state index contributed by atoms with van der Waals surface area (Å²) in [7, 11) is 0. The Labute approximate surface area is 149 Å². The number of aryl methyl sites for hydroxylation is 1. The number of benzene rings is 2. The number of fused-ring (bicyclic) bond motifs is 1. The second kappa shape index (κ2) is 6.70. The molecule has 1 aliphatic carbocycles. The highest BCUT2D eigenvalue weighted by Crippen LogP contribution is 2.29. The van der Waals surface area contributed by atoms with E-state index < -0.39 is 0 Å². The largest absolute Gasteiger partial charge is 0.397 e. The summed E-state index contributed by atoms with van der Waals surface area (Å²) in [5, 5.41) is 10.7. The third kappa shape index (κ3) is 3.12. The molecule has 3 N–H and O–H groups in total. The van der Waals surface area contributed by atoms with Gasteiger partial charge in [0.15, 0.2) is 0 Å². The number of aliphatic hydroxyl groups excluding tert-OH is 1. The molecule has 2 aromatic carbocycles. The zero-order valence-corrected chi connectivity index (χ0v) is 14.9. The Hall–Kier alpha value is -2.04. The molecule has 1 saturated heterocycles.